The van der Waals surface area contributed by atoms with Crippen molar-refractivity contribution >= 4 is 18.0 Å². The van der Waals surface area contributed by atoms with Gasteiger partial charge in [0, 0.05) is 12.6 Å². The number of nitrogens with zero attached hydrogens (tertiary/aromatic N) is 2. The minimum atomic E-state index is -0.698. The largest absolute Gasteiger partial charge is 0.464 e. The van der Waals surface area contributed by atoms with Gasteiger partial charge in [-0.15, -0.1) is 0 Å². The number of ether oxygens (including phenoxy) is 1. The van der Waals surface area contributed by atoms with E-state index in [-0.39, 0.29) is 29.6 Å². The fourth-order valence-corrected chi connectivity index (χ4v) is 1.83. The predicted octanol–water partition coefficient (Wildman–Crippen LogP) is 1.26. The van der Waals surface area contributed by atoms with E-state index in [0.29, 0.717) is 5.56 Å². The van der Waals surface area contributed by atoms with Crippen molar-refractivity contribution in [2.24, 2.45) is 5.73 Å². The van der Waals surface area contributed by atoms with E-state index in [0.717, 1.165) is 0 Å². The molecule has 1 aromatic heterocycles. The first-order chi connectivity index (χ1) is 11.5. The maximum atomic E-state index is 12.9. The van der Waals surface area contributed by atoms with Crippen LogP contribution in [0.3, 0.4) is 0 Å². The van der Waals surface area contributed by atoms with Gasteiger partial charge in [-0.1, -0.05) is 12.1 Å². The number of halogens is 1. The number of hydrogen-bond donors (Lipinski definition) is 2. The minimum Gasteiger partial charge on any atom is -0.464 e. The van der Waals surface area contributed by atoms with Crippen LogP contribution in [-0.2, 0) is 11.3 Å². The lowest BCUT2D eigenvalue weighted by atomic mass is 10.2. The monoisotopic (exact) mass is 330 g/mol. The number of esters is 1. The van der Waals surface area contributed by atoms with Crippen LogP contribution in [0, 0.1) is 5.82 Å². The number of benzene rings is 1. The topological polar surface area (TPSA) is 107 Å². The summed E-state index contributed by atoms with van der Waals surface area (Å²) in [7, 11) is 1.21. The van der Waals surface area contributed by atoms with Gasteiger partial charge in [0.25, 0.3) is 5.91 Å². The lowest BCUT2D eigenvalue weighted by Crippen LogP contribution is -2.25. The number of carbonyl (C=O) groups is 2. The summed E-state index contributed by atoms with van der Waals surface area (Å²) in [6.45, 7) is 0.179. The Hall–Kier alpha value is -3.29. The van der Waals surface area contributed by atoms with Gasteiger partial charge in [-0.2, -0.15) is 0 Å². The molecule has 1 heterocycles. The van der Waals surface area contributed by atoms with Crippen LogP contribution in [0.4, 0.5) is 4.39 Å². The highest BCUT2D eigenvalue weighted by Crippen LogP contribution is 2.06. The van der Waals surface area contributed by atoms with Gasteiger partial charge in [-0.3, -0.25) is 4.79 Å². The molecule has 0 saturated carbocycles. The number of aromatic nitrogens is 2. The molecular formula is C16H15FN4O3. The zero-order chi connectivity index (χ0) is 17.5. The molecule has 0 aliphatic rings. The van der Waals surface area contributed by atoms with Crippen LogP contribution in [0.5, 0.6) is 0 Å². The second-order valence-electron chi connectivity index (χ2n) is 4.66. The Bertz CT molecular complexity index is 775. The van der Waals surface area contributed by atoms with Crippen molar-refractivity contribution in [1.82, 2.24) is 15.3 Å². The van der Waals surface area contributed by atoms with E-state index in [2.05, 4.69) is 20.0 Å². The number of rotatable bonds is 5. The van der Waals surface area contributed by atoms with Gasteiger partial charge in [-0.05, 0) is 30.0 Å². The molecule has 0 unspecified atom stereocenters. The minimum absolute atomic E-state index is 0.0133. The lowest BCUT2D eigenvalue weighted by Gasteiger charge is -2.07. The quantitative estimate of drug-likeness (QED) is 0.799. The van der Waals surface area contributed by atoms with E-state index < -0.39 is 11.9 Å². The van der Waals surface area contributed by atoms with Gasteiger partial charge >= 0.3 is 5.97 Å². The highest BCUT2D eigenvalue weighted by molar-refractivity contribution is 5.95. The van der Waals surface area contributed by atoms with Gasteiger partial charge in [0.05, 0.1) is 7.11 Å². The van der Waals surface area contributed by atoms with Crippen LogP contribution in [-0.4, -0.2) is 29.0 Å². The van der Waals surface area contributed by atoms with E-state index in [1.165, 1.54) is 37.6 Å². The number of amides is 1. The third-order valence-electron chi connectivity index (χ3n) is 2.98. The molecule has 7 nitrogen and oxygen atoms in total. The summed E-state index contributed by atoms with van der Waals surface area (Å²) < 4.78 is 17.4. The van der Waals surface area contributed by atoms with Crippen LogP contribution in [0.1, 0.15) is 32.4 Å². The normalized spacial score (nSPS) is 10.6. The van der Waals surface area contributed by atoms with E-state index in [9.17, 15) is 14.0 Å². The fraction of sp³-hybridized carbons (Fsp3) is 0.125. The highest BCUT2D eigenvalue weighted by atomic mass is 19.1. The van der Waals surface area contributed by atoms with Crippen molar-refractivity contribution < 1.29 is 18.7 Å². The molecule has 0 aliphatic carbocycles. The van der Waals surface area contributed by atoms with Gasteiger partial charge < -0.3 is 15.8 Å². The first-order valence-corrected chi connectivity index (χ1v) is 6.92. The Morgan fingerprint density at radius 1 is 1.25 bits per heavy atom. The van der Waals surface area contributed by atoms with E-state index in [1.54, 1.807) is 12.1 Å². The second kappa shape index (κ2) is 7.82. The molecule has 124 valence electrons. The summed E-state index contributed by atoms with van der Waals surface area (Å²) in [6, 6.07) is 6.92. The molecule has 0 atom stereocenters. The summed E-state index contributed by atoms with van der Waals surface area (Å²) in [5.41, 5.74) is 5.93. The van der Waals surface area contributed by atoms with Crippen molar-refractivity contribution in [3.05, 3.63) is 65.1 Å². The lowest BCUT2D eigenvalue weighted by molar-refractivity contribution is 0.0593. The molecule has 1 amide bonds. The predicted molar refractivity (Wildman–Crippen MR) is 84.2 cm³/mol. The third-order valence-corrected chi connectivity index (χ3v) is 2.98. The maximum Gasteiger partial charge on any atom is 0.356 e. The van der Waals surface area contributed by atoms with Gasteiger partial charge in [0.1, 0.15) is 11.5 Å². The van der Waals surface area contributed by atoms with E-state index >= 15 is 0 Å². The number of nitrogens with one attached hydrogen (secondary N) is 1. The average molecular weight is 330 g/mol. The molecule has 0 radical (unpaired) electrons. The first-order valence-electron chi connectivity index (χ1n) is 6.92. The molecule has 0 fully saturated rings. The van der Waals surface area contributed by atoms with Gasteiger partial charge in [-0.25, -0.2) is 19.2 Å². The molecule has 24 heavy (non-hydrogen) atoms. The maximum absolute atomic E-state index is 12.9. The summed E-state index contributed by atoms with van der Waals surface area (Å²) >= 11 is 0. The van der Waals surface area contributed by atoms with Crippen LogP contribution >= 0.6 is 0 Å². The SMILES string of the molecule is COC(=O)c1cc(C(=O)NCc2ccc(F)cc2)nc(C=CN)n1. The Morgan fingerprint density at radius 3 is 2.54 bits per heavy atom. The summed E-state index contributed by atoms with van der Waals surface area (Å²) in [6.07, 6.45) is 2.54. The van der Waals surface area contributed by atoms with Crippen molar-refractivity contribution in [3.63, 3.8) is 0 Å². The zero-order valence-corrected chi connectivity index (χ0v) is 12.8. The van der Waals surface area contributed by atoms with Crippen molar-refractivity contribution in [2.75, 3.05) is 7.11 Å². The van der Waals surface area contributed by atoms with Crippen molar-refractivity contribution in [3.8, 4) is 0 Å². The fourth-order valence-electron chi connectivity index (χ4n) is 1.83. The number of methoxy groups -OCH3 is 1. The Morgan fingerprint density at radius 2 is 1.92 bits per heavy atom. The molecule has 0 saturated heterocycles. The molecule has 3 N–H and O–H groups in total. The van der Waals surface area contributed by atoms with E-state index in [1.807, 2.05) is 0 Å². The molecule has 0 aliphatic heterocycles. The molecule has 2 rings (SSSR count). The van der Waals surface area contributed by atoms with Crippen LogP contribution in [0.2, 0.25) is 0 Å². The smallest absolute Gasteiger partial charge is 0.356 e. The van der Waals surface area contributed by atoms with E-state index in [4.69, 9.17) is 5.73 Å². The molecule has 1 aromatic carbocycles. The standard InChI is InChI=1S/C16H15FN4O3/c1-24-16(23)13-8-12(20-14(21-13)6-7-18)15(22)19-9-10-2-4-11(17)5-3-10/h2-8H,9,18H2,1H3,(H,19,22). The zero-order valence-electron chi connectivity index (χ0n) is 12.8. The molecular weight excluding hydrogens is 315 g/mol. The van der Waals surface area contributed by atoms with Crippen LogP contribution in [0.15, 0.2) is 36.5 Å². The summed E-state index contributed by atoms with van der Waals surface area (Å²) in [5.74, 6) is -1.47. The molecule has 0 bridgehead atoms. The van der Waals surface area contributed by atoms with Gasteiger partial charge in [0.2, 0.25) is 0 Å². The van der Waals surface area contributed by atoms with Gasteiger partial charge in [0.15, 0.2) is 11.5 Å². The number of nitrogens with two attached hydrogens (primary N) is 1. The Kier molecular flexibility index (Phi) is 5.56. The Labute approximate surface area is 137 Å². The molecule has 2 aromatic rings. The number of hydrogen-bond acceptors (Lipinski definition) is 6. The first kappa shape index (κ1) is 17.1. The van der Waals surface area contributed by atoms with Crippen molar-refractivity contribution in [1.29, 1.82) is 0 Å². The molecule has 0 spiro atoms. The third kappa shape index (κ3) is 4.35. The summed E-state index contributed by atoms with van der Waals surface area (Å²) in [5, 5.41) is 2.63. The van der Waals surface area contributed by atoms with Crippen LogP contribution in [0.25, 0.3) is 6.08 Å². The van der Waals surface area contributed by atoms with Crippen molar-refractivity contribution in [2.45, 2.75) is 6.54 Å². The second-order valence-corrected chi connectivity index (χ2v) is 4.66. The Balaban J connectivity index is 2.19. The highest BCUT2D eigenvalue weighted by Gasteiger charge is 2.15. The number of carbonyl (C=O) groups excluding carboxylic acids is 2. The molecule has 8 heteroatoms. The summed E-state index contributed by atoms with van der Waals surface area (Å²) in [4.78, 5) is 31.8. The average Bonchev–Trinajstić information content (AvgIpc) is 2.60. The van der Waals surface area contributed by atoms with Crippen LogP contribution < -0.4 is 11.1 Å².